The van der Waals surface area contributed by atoms with Crippen LogP contribution in [0.2, 0.25) is 0 Å². The summed E-state index contributed by atoms with van der Waals surface area (Å²) >= 11 is 0. The smallest absolute Gasteiger partial charge is 0.249 e. The van der Waals surface area contributed by atoms with E-state index in [0.717, 1.165) is 47.6 Å². The zero-order valence-corrected chi connectivity index (χ0v) is 16.5. The Morgan fingerprint density at radius 2 is 1.93 bits per heavy atom. The van der Waals surface area contributed by atoms with Crippen LogP contribution in [0, 0.1) is 0 Å². The van der Waals surface area contributed by atoms with Gasteiger partial charge in [-0.15, -0.1) is 0 Å². The van der Waals surface area contributed by atoms with E-state index in [1.165, 1.54) is 6.08 Å². The number of methoxy groups -OCH3 is 2. The first-order valence-corrected chi connectivity index (χ1v) is 9.57. The number of hydrogen-bond acceptors (Lipinski definition) is 4. The quantitative estimate of drug-likeness (QED) is 0.647. The maximum absolute atomic E-state index is 12.7. The molecule has 6 heteroatoms. The van der Waals surface area contributed by atoms with Gasteiger partial charge in [-0.05, 0) is 55.7 Å². The van der Waals surface area contributed by atoms with Gasteiger partial charge in [-0.3, -0.25) is 4.79 Å². The van der Waals surface area contributed by atoms with Gasteiger partial charge in [-0.25, -0.2) is 4.68 Å². The van der Waals surface area contributed by atoms with Crippen molar-refractivity contribution in [3.8, 4) is 17.2 Å². The van der Waals surface area contributed by atoms with Gasteiger partial charge in [-0.1, -0.05) is 18.2 Å². The predicted molar refractivity (Wildman–Crippen MR) is 113 cm³/mol. The molecule has 0 spiro atoms. The number of fused-ring (bicyclic) bond motifs is 1. The molecule has 1 aliphatic rings. The van der Waals surface area contributed by atoms with Crippen molar-refractivity contribution in [2.75, 3.05) is 19.5 Å². The number of anilines is 1. The number of aromatic nitrogens is 2. The molecule has 1 heterocycles. The average Bonchev–Trinajstić information content (AvgIpc) is 3.35. The highest BCUT2D eigenvalue weighted by Gasteiger charge is 2.23. The van der Waals surface area contributed by atoms with Gasteiger partial charge in [0.25, 0.3) is 0 Å². The van der Waals surface area contributed by atoms with Crippen molar-refractivity contribution in [3.63, 3.8) is 0 Å². The Morgan fingerprint density at radius 1 is 1.10 bits per heavy atom. The topological polar surface area (TPSA) is 65.4 Å². The number of carbonyl (C=O) groups is 1. The molecule has 1 aliphatic carbocycles. The summed E-state index contributed by atoms with van der Waals surface area (Å²) in [4.78, 5) is 12.7. The zero-order chi connectivity index (χ0) is 20.2. The molecule has 3 aromatic rings. The monoisotopic (exact) mass is 389 g/mol. The Labute approximate surface area is 169 Å². The highest BCUT2D eigenvalue weighted by Crippen LogP contribution is 2.31. The summed E-state index contributed by atoms with van der Waals surface area (Å²) in [5.41, 5.74) is 3.87. The number of hydrogen-bond donors (Lipinski definition) is 1. The highest BCUT2D eigenvalue weighted by atomic mass is 16.5. The van der Waals surface area contributed by atoms with Gasteiger partial charge in [-0.2, -0.15) is 5.10 Å². The minimum absolute atomic E-state index is 0.221. The Kier molecular flexibility index (Phi) is 5.33. The summed E-state index contributed by atoms with van der Waals surface area (Å²) in [5.74, 6) is 1.90. The number of ether oxygens (including phenoxy) is 2. The van der Waals surface area contributed by atoms with Crippen molar-refractivity contribution >= 4 is 17.8 Å². The summed E-state index contributed by atoms with van der Waals surface area (Å²) in [6.45, 7) is 0. The lowest BCUT2D eigenvalue weighted by Crippen LogP contribution is -2.13. The second kappa shape index (κ2) is 8.22. The molecule has 1 N–H and O–H groups in total. The summed E-state index contributed by atoms with van der Waals surface area (Å²) in [6.07, 6.45) is 6.15. The fourth-order valence-corrected chi connectivity index (χ4v) is 3.57. The molecule has 0 bridgehead atoms. The molecule has 0 fully saturated rings. The molecule has 0 radical (unpaired) electrons. The average molecular weight is 389 g/mol. The van der Waals surface area contributed by atoms with Gasteiger partial charge in [0.15, 0.2) is 0 Å². The second-order valence-electron chi connectivity index (χ2n) is 6.81. The summed E-state index contributed by atoms with van der Waals surface area (Å²) in [6, 6.07) is 15.3. The molecule has 148 valence electrons. The van der Waals surface area contributed by atoms with Crippen LogP contribution in [0.3, 0.4) is 0 Å². The number of amides is 1. The molecule has 0 aliphatic heterocycles. The highest BCUT2D eigenvalue weighted by molar-refractivity contribution is 6.02. The van der Waals surface area contributed by atoms with Gasteiger partial charge in [0.2, 0.25) is 5.91 Å². The molecule has 0 atom stereocenters. The lowest BCUT2D eigenvalue weighted by atomic mass is 10.1. The van der Waals surface area contributed by atoms with Crippen molar-refractivity contribution in [2.24, 2.45) is 0 Å². The molecule has 1 aromatic heterocycles. The fraction of sp³-hybridized carbons (Fsp3) is 0.217. The Bertz CT molecular complexity index is 1050. The van der Waals surface area contributed by atoms with Gasteiger partial charge >= 0.3 is 0 Å². The van der Waals surface area contributed by atoms with Crippen LogP contribution >= 0.6 is 0 Å². The fourth-order valence-electron chi connectivity index (χ4n) is 3.57. The molecular formula is C23H23N3O3. The number of para-hydroxylation sites is 1. The van der Waals surface area contributed by atoms with Gasteiger partial charge in [0.05, 0.1) is 25.6 Å². The molecule has 0 saturated heterocycles. The number of nitrogens with zero attached hydrogens (tertiary/aromatic N) is 2. The predicted octanol–water partition coefficient (Wildman–Crippen LogP) is 4.03. The van der Waals surface area contributed by atoms with Gasteiger partial charge in [0, 0.05) is 17.2 Å². The van der Waals surface area contributed by atoms with Crippen LogP contribution in [0.4, 0.5) is 5.82 Å². The molecule has 0 unspecified atom stereocenters. The number of aryl methyl sites for hydroxylation is 1. The van der Waals surface area contributed by atoms with Crippen LogP contribution in [-0.2, 0) is 17.6 Å². The van der Waals surface area contributed by atoms with E-state index < -0.39 is 0 Å². The molecule has 0 saturated carbocycles. The number of carbonyl (C=O) groups excluding carboxylic acids is 1. The van der Waals surface area contributed by atoms with Crippen LogP contribution in [-0.4, -0.2) is 29.9 Å². The first-order chi connectivity index (χ1) is 14.2. The third-order valence-electron chi connectivity index (χ3n) is 5.00. The van der Waals surface area contributed by atoms with E-state index in [4.69, 9.17) is 14.6 Å². The maximum atomic E-state index is 12.7. The number of rotatable bonds is 6. The summed E-state index contributed by atoms with van der Waals surface area (Å²) in [7, 11) is 3.20. The van der Waals surface area contributed by atoms with Crippen LogP contribution in [0.25, 0.3) is 11.8 Å². The van der Waals surface area contributed by atoms with E-state index >= 15 is 0 Å². The first kappa shape index (κ1) is 18.8. The third-order valence-corrected chi connectivity index (χ3v) is 5.00. The van der Waals surface area contributed by atoms with E-state index in [1.54, 1.807) is 20.3 Å². The Morgan fingerprint density at radius 3 is 2.69 bits per heavy atom. The first-order valence-electron chi connectivity index (χ1n) is 9.57. The Balaban J connectivity index is 1.60. The molecule has 1 amide bonds. The van der Waals surface area contributed by atoms with E-state index in [9.17, 15) is 4.79 Å². The molecule has 6 nitrogen and oxygen atoms in total. The van der Waals surface area contributed by atoms with Crippen molar-refractivity contribution < 1.29 is 14.3 Å². The lowest BCUT2D eigenvalue weighted by Gasteiger charge is -2.10. The standard InChI is InChI=1S/C23H23N3O3/c1-28-18-12-13-21(29-2)16(15-18)11-14-22(27)24-23-19-9-6-10-20(19)25-26(23)17-7-4-3-5-8-17/h3-5,7-8,11-15H,6,9-10H2,1-2H3,(H,24,27)/b14-11+. The zero-order valence-electron chi connectivity index (χ0n) is 16.5. The molecule has 4 rings (SSSR count). The minimum Gasteiger partial charge on any atom is -0.497 e. The largest absolute Gasteiger partial charge is 0.497 e. The van der Waals surface area contributed by atoms with Crippen molar-refractivity contribution in [1.29, 1.82) is 0 Å². The van der Waals surface area contributed by atoms with Crippen LogP contribution in [0.15, 0.2) is 54.6 Å². The number of nitrogens with one attached hydrogen (secondary N) is 1. The van der Waals surface area contributed by atoms with Crippen molar-refractivity contribution in [1.82, 2.24) is 9.78 Å². The van der Waals surface area contributed by atoms with Crippen LogP contribution in [0.1, 0.15) is 23.2 Å². The number of benzene rings is 2. The van der Waals surface area contributed by atoms with E-state index in [-0.39, 0.29) is 5.91 Å². The van der Waals surface area contributed by atoms with Gasteiger partial charge in [0.1, 0.15) is 17.3 Å². The van der Waals surface area contributed by atoms with E-state index in [0.29, 0.717) is 11.5 Å². The van der Waals surface area contributed by atoms with Crippen LogP contribution < -0.4 is 14.8 Å². The van der Waals surface area contributed by atoms with Crippen LogP contribution in [0.5, 0.6) is 11.5 Å². The van der Waals surface area contributed by atoms with Crippen molar-refractivity contribution in [3.05, 3.63) is 71.4 Å². The lowest BCUT2D eigenvalue weighted by molar-refractivity contribution is -0.111. The molecule has 29 heavy (non-hydrogen) atoms. The second-order valence-corrected chi connectivity index (χ2v) is 6.81. The Hall–Kier alpha value is -3.54. The summed E-state index contributed by atoms with van der Waals surface area (Å²) < 4.78 is 12.4. The third kappa shape index (κ3) is 3.87. The maximum Gasteiger partial charge on any atom is 0.249 e. The van der Waals surface area contributed by atoms with E-state index in [2.05, 4.69) is 5.32 Å². The minimum atomic E-state index is -0.221. The molecular weight excluding hydrogens is 366 g/mol. The summed E-state index contributed by atoms with van der Waals surface area (Å²) in [5, 5.41) is 7.75. The molecule has 2 aromatic carbocycles. The van der Waals surface area contributed by atoms with E-state index in [1.807, 2.05) is 53.2 Å². The normalized spacial score (nSPS) is 12.8. The van der Waals surface area contributed by atoms with Crippen molar-refractivity contribution in [2.45, 2.75) is 19.3 Å². The SMILES string of the molecule is COc1ccc(OC)c(/C=C/C(=O)Nc2c3c(nn2-c2ccccc2)CCC3)c1. The van der Waals surface area contributed by atoms with Gasteiger partial charge < -0.3 is 14.8 Å².